The van der Waals surface area contributed by atoms with Crippen LogP contribution in [0.5, 0.6) is 0 Å². The molecule has 0 aliphatic carbocycles. The van der Waals surface area contributed by atoms with Crippen molar-refractivity contribution in [1.82, 2.24) is 4.98 Å². The SMILES string of the molecule is CCN(c1ccc(C)cc1)c1ccc2cc(-c3nc4ccccc4s3)c(=O)oc2c1. The van der Waals surface area contributed by atoms with Crippen molar-refractivity contribution >= 4 is 43.9 Å². The van der Waals surface area contributed by atoms with E-state index in [1.165, 1.54) is 16.9 Å². The molecule has 0 aliphatic heterocycles. The molecule has 5 heteroatoms. The summed E-state index contributed by atoms with van der Waals surface area (Å²) in [6, 6.07) is 24.2. The summed E-state index contributed by atoms with van der Waals surface area (Å²) < 4.78 is 6.77. The summed E-state index contributed by atoms with van der Waals surface area (Å²) in [5, 5.41) is 1.57. The predicted molar refractivity (Wildman–Crippen MR) is 125 cm³/mol. The molecule has 4 nitrogen and oxygen atoms in total. The van der Waals surface area contributed by atoms with Gasteiger partial charge in [0.2, 0.25) is 0 Å². The monoisotopic (exact) mass is 412 g/mol. The van der Waals surface area contributed by atoms with Gasteiger partial charge in [0, 0.05) is 29.4 Å². The summed E-state index contributed by atoms with van der Waals surface area (Å²) in [7, 11) is 0. The first-order valence-corrected chi connectivity index (χ1v) is 10.7. The number of hydrogen-bond donors (Lipinski definition) is 0. The van der Waals surface area contributed by atoms with E-state index >= 15 is 0 Å². The van der Waals surface area contributed by atoms with Crippen LogP contribution in [-0.2, 0) is 0 Å². The zero-order valence-electron chi connectivity index (χ0n) is 16.8. The molecule has 30 heavy (non-hydrogen) atoms. The number of aromatic nitrogens is 1. The number of rotatable bonds is 4. The highest BCUT2D eigenvalue weighted by molar-refractivity contribution is 7.21. The van der Waals surface area contributed by atoms with Crippen LogP contribution in [0.15, 0.2) is 82.0 Å². The number of thiazole rings is 1. The second-order valence-corrected chi connectivity index (χ2v) is 8.27. The lowest BCUT2D eigenvalue weighted by Gasteiger charge is -2.23. The molecule has 148 valence electrons. The zero-order chi connectivity index (χ0) is 20.7. The maximum absolute atomic E-state index is 12.8. The minimum Gasteiger partial charge on any atom is -0.422 e. The first kappa shape index (κ1) is 18.6. The van der Waals surface area contributed by atoms with E-state index in [2.05, 4.69) is 54.1 Å². The van der Waals surface area contributed by atoms with Crippen molar-refractivity contribution in [2.75, 3.05) is 11.4 Å². The summed E-state index contributed by atoms with van der Waals surface area (Å²) in [6.07, 6.45) is 0. The van der Waals surface area contributed by atoms with E-state index in [9.17, 15) is 4.79 Å². The predicted octanol–water partition coefficient (Wildman–Crippen LogP) is 6.54. The third-order valence-corrected chi connectivity index (χ3v) is 6.29. The highest BCUT2D eigenvalue weighted by Crippen LogP contribution is 2.32. The molecule has 0 unspecified atom stereocenters. The Morgan fingerprint density at radius 2 is 1.73 bits per heavy atom. The molecule has 0 bridgehead atoms. The van der Waals surface area contributed by atoms with Gasteiger partial charge in [0.1, 0.15) is 10.6 Å². The molecule has 0 amide bonds. The van der Waals surface area contributed by atoms with Crippen LogP contribution in [0.25, 0.3) is 31.8 Å². The molecule has 0 radical (unpaired) electrons. The normalized spacial score (nSPS) is 11.3. The van der Waals surface area contributed by atoms with Gasteiger partial charge in [-0.15, -0.1) is 11.3 Å². The molecule has 0 fully saturated rings. The standard InChI is InChI=1S/C25H20N2O2S/c1-3-27(18-11-8-16(2)9-12-18)19-13-10-17-14-20(25(28)29-22(17)15-19)24-26-21-6-4-5-7-23(21)30-24/h4-15H,3H2,1-2H3. The molecular weight excluding hydrogens is 392 g/mol. The lowest BCUT2D eigenvalue weighted by Crippen LogP contribution is -2.15. The number of para-hydroxylation sites is 1. The molecule has 0 saturated carbocycles. The number of aryl methyl sites for hydroxylation is 1. The Labute approximate surface area is 178 Å². The van der Waals surface area contributed by atoms with Crippen molar-refractivity contribution < 1.29 is 4.42 Å². The van der Waals surface area contributed by atoms with Crippen LogP contribution in [-0.4, -0.2) is 11.5 Å². The Morgan fingerprint density at radius 1 is 0.967 bits per heavy atom. The Bertz CT molecular complexity index is 1380. The van der Waals surface area contributed by atoms with Crippen LogP contribution in [0.1, 0.15) is 12.5 Å². The topological polar surface area (TPSA) is 46.3 Å². The first-order chi connectivity index (χ1) is 14.6. The average molecular weight is 413 g/mol. The largest absolute Gasteiger partial charge is 0.422 e. The van der Waals surface area contributed by atoms with Crippen molar-refractivity contribution in [2.24, 2.45) is 0 Å². The number of anilines is 2. The van der Waals surface area contributed by atoms with Crippen LogP contribution in [0, 0.1) is 6.92 Å². The maximum atomic E-state index is 12.8. The van der Waals surface area contributed by atoms with E-state index in [1.54, 1.807) is 0 Å². The quantitative estimate of drug-likeness (QED) is 0.315. The molecule has 2 heterocycles. The Balaban J connectivity index is 1.58. The van der Waals surface area contributed by atoms with Crippen molar-refractivity contribution in [3.63, 3.8) is 0 Å². The number of hydrogen-bond acceptors (Lipinski definition) is 5. The fourth-order valence-corrected chi connectivity index (χ4v) is 4.61. The number of benzene rings is 3. The first-order valence-electron chi connectivity index (χ1n) is 9.90. The minimum absolute atomic E-state index is 0.364. The van der Waals surface area contributed by atoms with Crippen molar-refractivity contribution in [2.45, 2.75) is 13.8 Å². The van der Waals surface area contributed by atoms with Crippen molar-refractivity contribution in [3.8, 4) is 10.6 Å². The van der Waals surface area contributed by atoms with E-state index < -0.39 is 0 Å². The molecule has 0 saturated heterocycles. The maximum Gasteiger partial charge on any atom is 0.346 e. The molecule has 2 aromatic heterocycles. The van der Waals surface area contributed by atoms with Gasteiger partial charge in [0.25, 0.3) is 0 Å². The summed E-state index contributed by atoms with van der Waals surface area (Å²) in [5.41, 5.74) is 4.93. The van der Waals surface area contributed by atoms with Gasteiger partial charge < -0.3 is 9.32 Å². The second kappa shape index (κ2) is 7.43. The summed E-state index contributed by atoms with van der Waals surface area (Å²) >= 11 is 1.50. The number of fused-ring (bicyclic) bond motifs is 2. The fourth-order valence-electron chi connectivity index (χ4n) is 3.64. The summed E-state index contributed by atoms with van der Waals surface area (Å²) in [5.74, 6) is 0. The van der Waals surface area contributed by atoms with Gasteiger partial charge in [0.05, 0.1) is 15.8 Å². The van der Waals surface area contributed by atoms with Gasteiger partial charge in [-0.2, -0.15) is 0 Å². The smallest absolute Gasteiger partial charge is 0.346 e. The second-order valence-electron chi connectivity index (χ2n) is 7.24. The van der Waals surface area contributed by atoms with Crippen molar-refractivity contribution in [1.29, 1.82) is 0 Å². The number of nitrogens with zero attached hydrogens (tertiary/aromatic N) is 2. The lowest BCUT2D eigenvalue weighted by molar-refractivity contribution is 0.563. The van der Waals surface area contributed by atoms with E-state index in [0.29, 0.717) is 16.2 Å². The minimum atomic E-state index is -0.364. The van der Waals surface area contributed by atoms with Crippen LogP contribution in [0.2, 0.25) is 0 Å². The van der Waals surface area contributed by atoms with Crippen LogP contribution in [0.3, 0.4) is 0 Å². The van der Waals surface area contributed by atoms with E-state index in [1.807, 2.05) is 42.5 Å². The van der Waals surface area contributed by atoms with Gasteiger partial charge in [-0.05, 0) is 56.3 Å². The van der Waals surface area contributed by atoms with Gasteiger partial charge in [-0.25, -0.2) is 9.78 Å². The van der Waals surface area contributed by atoms with Gasteiger partial charge in [0.15, 0.2) is 0 Å². The highest BCUT2D eigenvalue weighted by Gasteiger charge is 2.14. The van der Waals surface area contributed by atoms with E-state index in [0.717, 1.165) is 33.5 Å². The lowest BCUT2D eigenvalue weighted by atomic mass is 10.1. The molecule has 5 rings (SSSR count). The molecule has 0 aliphatic rings. The van der Waals surface area contributed by atoms with E-state index in [-0.39, 0.29) is 5.63 Å². The average Bonchev–Trinajstić information content (AvgIpc) is 3.19. The Kier molecular flexibility index (Phi) is 4.60. The molecule has 0 spiro atoms. The zero-order valence-corrected chi connectivity index (χ0v) is 17.6. The van der Waals surface area contributed by atoms with Gasteiger partial charge in [-0.3, -0.25) is 0 Å². The third kappa shape index (κ3) is 3.27. The van der Waals surface area contributed by atoms with Crippen molar-refractivity contribution in [3.05, 3.63) is 88.8 Å². The van der Waals surface area contributed by atoms with Gasteiger partial charge in [-0.1, -0.05) is 29.8 Å². The molecular formula is C25H20N2O2S. The molecule has 3 aromatic carbocycles. The van der Waals surface area contributed by atoms with Crippen LogP contribution >= 0.6 is 11.3 Å². The Morgan fingerprint density at radius 3 is 2.50 bits per heavy atom. The van der Waals surface area contributed by atoms with Gasteiger partial charge >= 0.3 is 5.63 Å². The third-order valence-electron chi connectivity index (χ3n) is 5.22. The molecule has 0 N–H and O–H groups in total. The molecule has 5 aromatic rings. The summed E-state index contributed by atoms with van der Waals surface area (Å²) in [4.78, 5) is 19.6. The van der Waals surface area contributed by atoms with Crippen LogP contribution in [0.4, 0.5) is 11.4 Å². The Hall–Kier alpha value is -3.44. The fraction of sp³-hybridized carbons (Fsp3) is 0.120. The summed E-state index contributed by atoms with van der Waals surface area (Å²) in [6.45, 7) is 4.99. The van der Waals surface area contributed by atoms with Crippen LogP contribution < -0.4 is 10.5 Å². The highest BCUT2D eigenvalue weighted by atomic mass is 32.1. The van der Waals surface area contributed by atoms with E-state index in [4.69, 9.17) is 4.42 Å². The molecule has 0 atom stereocenters.